The van der Waals surface area contributed by atoms with Crippen LogP contribution in [0.4, 0.5) is 11.6 Å². The number of likely N-dealkylation sites (N-methyl/N-ethyl adjacent to an activating group) is 1. The Kier molecular flexibility index (Phi) is 5.53. The number of nitrogens with one attached hydrogen (secondary N) is 1. The molecule has 0 aliphatic rings. The largest absolute Gasteiger partial charge is 0.341 e. The first-order valence-corrected chi connectivity index (χ1v) is 8.42. The molecule has 0 spiro atoms. The van der Waals surface area contributed by atoms with Crippen molar-refractivity contribution in [3.8, 4) is 0 Å². The summed E-state index contributed by atoms with van der Waals surface area (Å²) >= 11 is 0. The molecule has 0 fully saturated rings. The van der Waals surface area contributed by atoms with Crippen molar-refractivity contribution in [1.29, 1.82) is 0 Å². The number of aromatic nitrogens is 3. The first kappa shape index (κ1) is 17.5. The van der Waals surface area contributed by atoms with Gasteiger partial charge in [-0.15, -0.1) is 0 Å². The van der Waals surface area contributed by atoms with Crippen molar-refractivity contribution in [3.05, 3.63) is 77.9 Å². The number of pyridine rings is 1. The van der Waals surface area contributed by atoms with E-state index in [1.807, 2.05) is 43.3 Å². The van der Waals surface area contributed by atoms with Crippen LogP contribution >= 0.6 is 0 Å². The number of aryl methyl sites for hydroxylation is 1. The summed E-state index contributed by atoms with van der Waals surface area (Å²) in [6, 6.07) is 11.9. The molecule has 1 N–H and O–H groups in total. The summed E-state index contributed by atoms with van der Waals surface area (Å²) in [6.45, 7) is 2.65. The van der Waals surface area contributed by atoms with Crippen LogP contribution in [0.2, 0.25) is 0 Å². The lowest BCUT2D eigenvalue weighted by Gasteiger charge is -2.17. The summed E-state index contributed by atoms with van der Waals surface area (Å²) in [5, 5.41) is 3.12. The smallest absolute Gasteiger partial charge is 0.256 e. The molecule has 132 valence electrons. The van der Waals surface area contributed by atoms with E-state index in [9.17, 15) is 4.79 Å². The van der Waals surface area contributed by atoms with E-state index in [0.29, 0.717) is 18.1 Å². The minimum absolute atomic E-state index is 0.0963. The topological polar surface area (TPSA) is 71.0 Å². The van der Waals surface area contributed by atoms with Gasteiger partial charge in [-0.25, -0.2) is 9.97 Å². The number of nitrogens with zero attached hydrogens (tertiary/aromatic N) is 4. The van der Waals surface area contributed by atoms with E-state index in [1.165, 1.54) is 5.56 Å². The minimum atomic E-state index is -0.0963. The van der Waals surface area contributed by atoms with Crippen molar-refractivity contribution in [2.75, 3.05) is 18.9 Å². The molecule has 3 rings (SSSR count). The molecule has 2 aromatic heterocycles. The minimum Gasteiger partial charge on any atom is -0.341 e. The van der Waals surface area contributed by atoms with Crippen LogP contribution in [0.3, 0.4) is 0 Å². The molecule has 0 radical (unpaired) electrons. The third-order valence-electron chi connectivity index (χ3n) is 4.04. The zero-order valence-electron chi connectivity index (χ0n) is 14.9. The number of amides is 1. The zero-order chi connectivity index (χ0) is 18.4. The maximum Gasteiger partial charge on any atom is 0.256 e. The van der Waals surface area contributed by atoms with E-state index >= 15 is 0 Å². The molecule has 0 bridgehead atoms. The van der Waals surface area contributed by atoms with Gasteiger partial charge in [0, 0.05) is 44.1 Å². The van der Waals surface area contributed by atoms with E-state index < -0.39 is 0 Å². The van der Waals surface area contributed by atoms with Crippen molar-refractivity contribution >= 4 is 17.5 Å². The van der Waals surface area contributed by atoms with Gasteiger partial charge in [-0.3, -0.25) is 9.78 Å². The number of hydrogen-bond donors (Lipinski definition) is 1. The average Bonchev–Trinajstić information content (AvgIpc) is 2.69. The van der Waals surface area contributed by atoms with Gasteiger partial charge in [0.25, 0.3) is 5.91 Å². The van der Waals surface area contributed by atoms with Crippen molar-refractivity contribution in [3.63, 3.8) is 0 Å². The highest BCUT2D eigenvalue weighted by molar-refractivity contribution is 5.93. The third kappa shape index (κ3) is 4.63. The van der Waals surface area contributed by atoms with E-state index in [2.05, 4.69) is 20.3 Å². The van der Waals surface area contributed by atoms with Crippen LogP contribution in [0, 0.1) is 6.92 Å². The van der Waals surface area contributed by atoms with Gasteiger partial charge in [0.2, 0.25) is 5.95 Å². The summed E-state index contributed by atoms with van der Waals surface area (Å²) < 4.78 is 0. The Morgan fingerprint density at radius 1 is 1.04 bits per heavy atom. The SMILES string of the molecule is Cc1ccc(Nc2ncc(C(=O)N(C)CCc3ccncc3)cn2)cc1. The molecule has 0 saturated heterocycles. The number of hydrogen-bond acceptors (Lipinski definition) is 5. The van der Waals surface area contributed by atoms with E-state index in [4.69, 9.17) is 0 Å². The number of benzene rings is 1. The maximum absolute atomic E-state index is 12.5. The van der Waals surface area contributed by atoms with Crippen LogP contribution in [-0.4, -0.2) is 39.4 Å². The van der Waals surface area contributed by atoms with Crippen molar-refractivity contribution in [1.82, 2.24) is 19.9 Å². The molecule has 0 unspecified atom stereocenters. The van der Waals surface area contributed by atoms with Crippen LogP contribution in [0.15, 0.2) is 61.2 Å². The summed E-state index contributed by atoms with van der Waals surface area (Å²) in [4.78, 5) is 26.6. The number of rotatable bonds is 6. The summed E-state index contributed by atoms with van der Waals surface area (Å²) in [5.74, 6) is 0.366. The second kappa shape index (κ2) is 8.20. The lowest BCUT2D eigenvalue weighted by molar-refractivity contribution is 0.0796. The van der Waals surface area contributed by atoms with Crippen LogP contribution in [0.5, 0.6) is 0 Å². The fourth-order valence-electron chi connectivity index (χ4n) is 2.44. The molecule has 6 nitrogen and oxygen atoms in total. The predicted molar refractivity (Wildman–Crippen MR) is 101 cm³/mol. The van der Waals surface area contributed by atoms with Crippen LogP contribution in [0.1, 0.15) is 21.5 Å². The number of carbonyl (C=O) groups excluding carboxylic acids is 1. The Balaban J connectivity index is 1.58. The van der Waals surface area contributed by atoms with Crippen LogP contribution in [-0.2, 0) is 6.42 Å². The molecule has 1 amide bonds. The molecule has 0 aliphatic carbocycles. The lowest BCUT2D eigenvalue weighted by atomic mass is 10.2. The predicted octanol–water partition coefficient (Wildman–Crippen LogP) is 3.24. The van der Waals surface area contributed by atoms with Crippen molar-refractivity contribution < 1.29 is 4.79 Å². The van der Waals surface area contributed by atoms with Gasteiger partial charge >= 0.3 is 0 Å². The van der Waals surface area contributed by atoms with E-state index in [0.717, 1.165) is 17.7 Å². The van der Waals surface area contributed by atoms with Crippen LogP contribution < -0.4 is 5.32 Å². The molecule has 0 atom stereocenters. The van der Waals surface area contributed by atoms with Crippen molar-refractivity contribution in [2.45, 2.75) is 13.3 Å². The lowest BCUT2D eigenvalue weighted by Crippen LogP contribution is -2.29. The molecule has 0 saturated carbocycles. The number of carbonyl (C=O) groups is 1. The Bertz CT molecular complexity index is 848. The van der Waals surface area contributed by atoms with Gasteiger partial charge in [-0.1, -0.05) is 17.7 Å². The maximum atomic E-state index is 12.5. The quantitative estimate of drug-likeness (QED) is 0.741. The molecule has 1 aromatic carbocycles. The molecule has 0 aliphatic heterocycles. The normalized spacial score (nSPS) is 10.4. The highest BCUT2D eigenvalue weighted by Gasteiger charge is 2.13. The van der Waals surface area contributed by atoms with Gasteiger partial charge in [0.15, 0.2) is 0 Å². The average molecular weight is 347 g/mol. The summed E-state index contributed by atoms with van der Waals surface area (Å²) in [7, 11) is 1.78. The Morgan fingerprint density at radius 3 is 2.35 bits per heavy atom. The molecule has 26 heavy (non-hydrogen) atoms. The molecule has 6 heteroatoms. The molecule has 2 heterocycles. The third-order valence-corrected chi connectivity index (χ3v) is 4.04. The Morgan fingerprint density at radius 2 is 1.69 bits per heavy atom. The first-order valence-electron chi connectivity index (χ1n) is 8.42. The van der Waals surface area contributed by atoms with Gasteiger partial charge in [-0.05, 0) is 43.2 Å². The molecular weight excluding hydrogens is 326 g/mol. The molecular formula is C20H21N5O. The fourth-order valence-corrected chi connectivity index (χ4v) is 2.44. The van der Waals surface area contributed by atoms with Crippen molar-refractivity contribution in [2.24, 2.45) is 0 Å². The van der Waals surface area contributed by atoms with Gasteiger partial charge < -0.3 is 10.2 Å². The monoisotopic (exact) mass is 347 g/mol. The summed E-state index contributed by atoms with van der Waals surface area (Å²) in [5.41, 5.74) is 3.71. The van der Waals surface area contributed by atoms with Gasteiger partial charge in [0.05, 0.1) is 5.56 Å². The Hall–Kier alpha value is -3.28. The second-order valence-electron chi connectivity index (χ2n) is 6.12. The highest BCUT2D eigenvalue weighted by atomic mass is 16.2. The second-order valence-corrected chi connectivity index (χ2v) is 6.12. The fraction of sp³-hybridized carbons (Fsp3) is 0.200. The molecule has 3 aromatic rings. The Labute approximate surface area is 153 Å². The summed E-state index contributed by atoms with van der Waals surface area (Å²) in [6.07, 6.45) is 7.39. The standard InChI is InChI=1S/C20H21N5O/c1-15-3-5-18(6-4-15)24-20-22-13-17(14-23-20)19(26)25(2)12-9-16-7-10-21-11-8-16/h3-8,10-11,13-14H,9,12H2,1-2H3,(H,22,23,24). The zero-order valence-corrected chi connectivity index (χ0v) is 14.9. The van der Waals surface area contributed by atoms with Gasteiger partial charge in [-0.2, -0.15) is 0 Å². The van der Waals surface area contributed by atoms with Crippen LogP contribution in [0.25, 0.3) is 0 Å². The number of anilines is 2. The highest BCUT2D eigenvalue weighted by Crippen LogP contribution is 2.13. The van der Waals surface area contributed by atoms with E-state index in [1.54, 1.807) is 36.7 Å². The van der Waals surface area contributed by atoms with E-state index in [-0.39, 0.29) is 5.91 Å². The van der Waals surface area contributed by atoms with Gasteiger partial charge in [0.1, 0.15) is 0 Å². The first-order chi connectivity index (χ1) is 12.6.